The topological polar surface area (TPSA) is 115 Å². The van der Waals surface area contributed by atoms with Crippen LogP contribution < -0.4 is 20.7 Å². The van der Waals surface area contributed by atoms with Crippen molar-refractivity contribution in [3.63, 3.8) is 0 Å². The van der Waals surface area contributed by atoms with Crippen molar-refractivity contribution in [2.24, 2.45) is 0 Å². The molecule has 0 aliphatic carbocycles. The van der Waals surface area contributed by atoms with E-state index in [0.29, 0.717) is 0 Å². The molecule has 0 saturated carbocycles. The monoisotopic (exact) mass is 440 g/mol. The Hall–Kier alpha value is -3.50. The largest absolute Gasteiger partial charge is 0.250 e. The molecule has 4 N–H and O–H groups in total. The molecule has 0 fully saturated rings. The fraction of sp³-hybridized carbons (Fsp3) is 0. The molecule has 0 spiro atoms. The average molecular weight is 440 g/mol. The number of nitrogens with one attached hydrogen (secondary N) is 4. The molecule has 0 bridgehead atoms. The molecule has 0 amide bonds. The van der Waals surface area contributed by atoms with Crippen molar-refractivity contribution in [2.75, 3.05) is 0 Å². The summed E-state index contributed by atoms with van der Waals surface area (Å²) in [6, 6.07) is 0. The van der Waals surface area contributed by atoms with Gasteiger partial charge in [-0.2, -0.15) is 35.1 Å². The molecule has 0 aliphatic heterocycles. The van der Waals surface area contributed by atoms with E-state index in [-0.39, 0.29) is 0 Å². The van der Waals surface area contributed by atoms with Crippen molar-refractivity contribution in [3.05, 3.63) is 47.6 Å². The summed E-state index contributed by atoms with van der Waals surface area (Å²) in [7, 11) is -5.82. The van der Waals surface area contributed by atoms with Crippen LogP contribution in [0.3, 0.4) is 0 Å². The summed E-state index contributed by atoms with van der Waals surface area (Å²) in [5.41, 5.74) is 0. The Bertz CT molecular complexity index is 957. The Kier molecular flexibility index (Phi) is 4.06. The van der Waals surface area contributed by atoms with E-state index < -0.39 is 76.4 Å². The fourth-order valence-electron chi connectivity index (χ4n) is 3.23. The van der Waals surface area contributed by atoms with Gasteiger partial charge in [-0.25, -0.2) is 0 Å². The van der Waals surface area contributed by atoms with E-state index in [1.165, 1.54) is 20.4 Å². The molecule has 29 heavy (non-hydrogen) atoms. The first-order chi connectivity index (χ1) is 13.7. The van der Waals surface area contributed by atoms with Crippen LogP contribution in [0, 0.1) is 47.6 Å². The second-order valence-electron chi connectivity index (χ2n) is 5.56. The SMILES string of the molecule is Fc1n[nH]c(F)c1[Si](c1c(F)n[nH]c1F)(c1c(F)n[nH]c1F)c1c(F)n[nH]c1F. The van der Waals surface area contributed by atoms with Crippen molar-refractivity contribution < 1.29 is 35.1 Å². The molecule has 0 atom stereocenters. The molecule has 4 aromatic rings. The molecule has 4 heterocycles. The number of H-pyrrole nitrogens is 4. The molecular formula is C12H4F8N8Si. The zero-order chi connectivity index (χ0) is 21.1. The van der Waals surface area contributed by atoms with Crippen molar-refractivity contribution in [1.29, 1.82) is 0 Å². The lowest BCUT2D eigenvalue weighted by Crippen LogP contribution is -2.79. The van der Waals surface area contributed by atoms with Gasteiger partial charge in [-0.15, -0.1) is 20.4 Å². The Labute approximate surface area is 153 Å². The maximum absolute atomic E-state index is 14.5. The molecule has 152 valence electrons. The third-order valence-electron chi connectivity index (χ3n) is 4.21. The Balaban J connectivity index is 2.35. The van der Waals surface area contributed by atoms with Crippen LogP contribution in [0.2, 0.25) is 0 Å². The van der Waals surface area contributed by atoms with E-state index in [9.17, 15) is 35.1 Å². The summed E-state index contributed by atoms with van der Waals surface area (Å²) in [6.45, 7) is 0. The number of hydrogen-bond donors (Lipinski definition) is 4. The lowest BCUT2D eigenvalue weighted by Gasteiger charge is -2.28. The molecule has 0 aliphatic rings. The van der Waals surface area contributed by atoms with Gasteiger partial charge in [-0.05, 0) is 0 Å². The van der Waals surface area contributed by atoms with E-state index in [0.717, 1.165) is 0 Å². The number of aromatic amines is 4. The maximum Gasteiger partial charge on any atom is 0.235 e. The lowest BCUT2D eigenvalue weighted by atomic mass is 10.6. The predicted molar refractivity (Wildman–Crippen MR) is 78.3 cm³/mol. The molecule has 8 nitrogen and oxygen atoms in total. The average Bonchev–Trinajstić information content (AvgIpc) is 3.37. The highest BCUT2D eigenvalue weighted by Crippen LogP contribution is 2.18. The fourth-order valence-corrected chi connectivity index (χ4v) is 7.73. The van der Waals surface area contributed by atoms with Crippen LogP contribution in [0.1, 0.15) is 0 Å². The first-order valence-corrected chi connectivity index (χ1v) is 9.30. The van der Waals surface area contributed by atoms with Crippen molar-refractivity contribution in [2.45, 2.75) is 0 Å². The zero-order valence-electron chi connectivity index (χ0n) is 13.3. The van der Waals surface area contributed by atoms with E-state index in [1.54, 1.807) is 0 Å². The smallest absolute Gasteiger partial charge is 0.235 e. The molecule has 4 aromatic heterocycles. The minimum atomic E-state index is -5.82. The number of halogens is 8. The molecule has 0 aromatic carbocycles. The summed E-state index contributed by atoms with van der Waals surface area (Å²) < 4.78 is 116. The van der Waals surface area contributed by atoms with Crippen LogP contribution in [-0.2, 0) is 0 Å². The number of rotatable bonds is 4. The number of aromatic nitrogens is 8. The minimum absolute atomic E-state index is 1.46. The summed E-state index contributed by atoms with van der Waals surface area (Å²) >= 11 is 0. The van der Waals surface area contributed by atoms with Crippen LogP contribution in [-0.4, -0.2) is 48.9 Å². The summed E-state index contributed by atoms with van der Waals surface area (Å²) in [6.07, 6.45) is 0. The Morgan fingerprint density at radius 3 is 0.759 bits per heavy atom. The van der Waals surface area contributed by atoms with E-state index in [2.05, 4.69) is 20.4 Å². The van der Waals surface area contributed by atoms with Crippen LogP contribution in [0.5, 0.6) is 0 Å². The van der Waals surface area contributed by atoms with Crippen molar-refractivity contribution in [1.82, 2.24) is 40.8 Å². The first-order valence-electron chi connectivity index (χ1n) is 7.30. The van der Waals surface area contributed by atoms with Crippen LogP contribution in [0.4, 0.5) is 35.1 Å². The molecule has 0 saturated heterocycles. The number of nitrogens with zero attached hydrogens (tertiary/aromatic N) is 4. The van der Waals surface area contributed by atoms with Gasteiger partial charge in [0, 0.05) is 0 Å². The minimum Gasteiger partial charge on any atom is -0.250 e. The lowest BCUT2D eigenvalue weighted by molar-refractivity contribution is 0.572. The zero-order valence-corrected chi connectivity index (χ0v) is 14.3. The second kappa shape index (κ2) is 6.26. The highest BCUT2D eigenvalue weighted by molar-refractivity contribution is 7.20. The third-order valence-corrected chi connectivity index (χ3v) is 8.92. The van der Waals surface area contributed by atoms with Crippen LogP contribution in [0.25, 0.3) is 0 Å². The van der Waals surface area contributed by atoms with Crippen LogP contribution >= 0.6 is 0 Å². The van der Waals surface area contributed by atoms with E-state index in [1.807, 2.05) is 0 Å². The van der Waals surface area contributed by atoms with Gasteiger partial charge in [-0.1, -0.05) is 0 Å². The third kappa shape index (κ3) is 2.36. The Morgan fingerprint density at radius 1 is 0.414 bits per heavy atom. The maximum atomic E-state index is 14.5. The van der Waals surface area contributed by atoms with E-state index >= 15 is 0 Å². The molecule has 0 radical (unpaired) electrons. The standard InChI is InChI=1S/C12H4F8N8Si/c13-5-1(6(14)22-21-5)29(2-7(15)23-24-8(2)16,3-9(17)25-26-10(3)18)4-11(19)27-28-12(4)20/h(H,21,22)(H,23,24)(H,25,26)(H,27,28). The molecule has 17 heteroatoms. The van der Waals surface area contributed by atoms with Gasteiger partial charge in [0.15, 0.2) is 0 Å². The highest BCUT2D eigenvalue weighted by Gasteiger charge is 2.59. The Morgan fingerprint density at radius 2 is 0.621 bits per heavy atom. The van der Waals surface area contributed by atoms with Gasteiger partial charge in [0.05, 0.1) is 20.7 Å². The number of hydrogen-bond acceptors (Lipinski definition) is 4. The molecular weight excluding hydrogens is 436 g/mol. The quantitative estimate of drug-likeness (QED) is 0.243. The first kappa shape index (κ1) is 18.8. The summed E-state index contributed by atoms with van der Waals surface area (Å²) in [5.74, 6) is -14.7. The van der Waals surface area contributed by atoms with E-state index in [4.69, 9.17) is 0 Å². The van der Waals surface area contributed by atoms with Gasteiger partial charge in [0.25, 0.3) is 0 Å². The van der Waals surface area contributed by atoms with Crippen LogP contribution in [0.15, 0.2) is 0 Å². The van der Waals surface area contributed by atoms with Crippen molar-refractivity contribution in [3.8, 4) is 0 Å². The molecule has 4 rings (SSSR count). The van der Waals surface area contributed by atoms with Gasteiger partial charge in [-0.3, -0.25) is 20.4 Å². The van der Waals surface area contributed by atoms with Gasteiger partial charge < -0.3 is 0 Å². The van der Waals surface area contributed by atoms with Crippen molar-refractivity contribution >= 4 is 28.8 Å². The van der Waals surface area contributed by atoms with Gasteiger partial charge >= 0.3 is 0 Å². The van der Waals surface area contributed by atoms with Gasteiger partial charge in [0.1, 0.15) is 0 Å². The normalized spacial score (nSPS) is 12.1. The highest BCUT2D eigenvalue weighted by atomic mass is 28.3. The molecule has 0 unspecified atom stereocenters. The second-order valence-corrected chi connectivity index (χ2v) is 9.06. The van der Waals surface area contributed by atoms with Gasteiger partial charge in [0.2, 0.25) is 55.7 Å². The summed E-state index contributed by atoms with van der Waals surface area (Å²) in [4.78, 5) is 0. The predicted octanol–water partition coefficient (Wildman–Crippen LogP) is -0.931. The summed E-state index contributed by atoms with van der Waals surface area (Å²) in [5, 5.41) is 11.1.